The van der Waals surface area contributed by atoms with E-state index in [9.17, 15) is 4.79 Å². The van der Waals surface area contributed by atoms with Gasteiger partial charge in [-0.15, -0.1) is 11.3 Å². The van der Waals surface area contributed by atoms with E-state index in [0.717, 1.165) is 26.3 Å². The van der Waals surface area contributed by atoms with Gasteiger partial charge < -0.3 is 5.32 Å². The SMILES string of the molecule is O=C(Cc1csc(-c2ccccc2)n1)Nc1ccnn1Cc1cccc(Br)c1. The number of halogens is 1. The molecule has 4 rings (SSSR count). The highest BCUT2D eigenvalue weighted by Crippen LogP contribution is 2.23. The van der Waals surface area contributed by atoms with Crippen molar-refractivity contribution in [2.24, 2.45) is 0 Å². The van der Waals surface area contributed by atoms with Gasteiger partial charge in [0.15, 0.2) is 0 Å². The van der Waals surface area contributed by atoms with E-state index in [4.69, 9.17) is 0 Å². The van der Waals surface area contributed by atoms with Crippen LogP contribution in [0.25, 0.3) is 10.6 Å². The Balaban J connectivity index is 1.41. The molecule has 28 heavy (non-hydrogen) atoms. The molecular formula is C21H17BrN4OS. The molecule has 2 aromatic carbocycles. The van der Waals surface area contributed by atoms with Crippen molar-refractivity contribution in [3.05, 3.63) is 88.0 Å². The number of hydrogen-bond acceptors (Lipinski definition) is 4. The zero-order valence-electron chi connectivity index (χ0n) is 14.9. The van der Waals surface area contributed by atoms with Crippen molar-refractivity contribution in [1.82, 2.24) is 14.8 Å². The van der Waals surface area contributed by atoms with E-state index < -0.39 is 0 Å². The molecule has 2 aromatic heterocycles. The Hall–Kier alpha value is -2.77. The van der Waals surface area contributed by atoms with Crippen LogP contribution >= 0.6 is 27.3 Å². The zero-order valence-corrected chi connectivity index (χ0v) is 17.3. The van der Waals surface area contributed by atoms with Gasteiger partial charge in [0.2, 0.25) is 5.91 Å². The summed E-state index contributed by atoms with van der Waals surface area (Å²) in [4.78, 5) is 17.1. The van der Waals surface area contributed by atoms with Crippen LogP contribution in [-0.4, -0.2) is 20.7 Å². The number of thiazole rings is 1. The van der Waals surface area contributed by atoms with Crippen molar-refractivity contribution in [3.8, 4) is 10.6 Å². The van der Waals surface area contributed by atoms with Crippen molar-refractivity contribution in [1.29, 1.82) is 0 Å². The van der Waals surface area contributed by atoms with Crippen LogP contribution in [0, 0.1) is 0 Å². The minimum Gasteiger partial charge on any atom is -0.311 e. The molecule has 0 atom stereocenters. The Morgan fingerprint density at radius 1 is 1.11 bits per heavy atom. The van der Waals surface area contributed by atoms with E-state index in [0.29, 0.717) is 12.4 Å². The van der Waals surface area contributed by atoms with E-state index >= 15 is 0 Å². The Bertz CT molecular complexity index is 1090. The first-order valence-electron chi connectivity index (χ1n) is 8.73. The maximum Gasteiger partial charge on any atom is 0.231 e. The van der Waals surface area contributed by atoms with Crippen molar-refractivity contribution >= 4 is 39.0 Å². The van der Waals surface area contributed by atoms with Crippen molar-refractivity contribution in [2.45, 2.75) is 13.0 Å². The quantitative estimate of drug-likeness (QED) is 0.447. The predicted octanol–water partition coefficient (Wildman–Crippen LogP) is 5.00. The van der Waals surface area contributed by atoms with E-state index in [1.807, 2.05) is 60.0 Å². The normalized spacial score (nSPS) is 10.8. The number of benzene rings is 2. The summed E-state index contributed by atoms with van der Waals surface area (Å²) in [5.74, 6) is 0.560. The van der Waals surface area contributed by atoms with Gasteiger partial charge in [0.1, 0.15) is 10.8 Å². The highest BCUT2D eigenvalue weighted by molar-refractivity contribution is 9.10. The first-order chi connectivity index (χ1) is 13.7. The molecular weight excluding hydrogens is 436 g/mol. The Morgan fingerprint density at radius 2 is 1.96 bits per heavy atom. The highest BCUT2D eigenvalue weighted by atomic mass is 79.9. The summed E-state index contributed by atoms with van der Waals surface area (Å²) in [5.41, 5.74) is 2.92. The average Bonchev–Trinajstić information content (AvgIpc) is 3.32. The summed E-state index contributed by atoms with van der Waals surface area (Å²) in [6.45, 7) is 0.580. The fourth-order valence-corrected chi connectivity index (χ4v) is 4.10. The number of nitrogens with zero attached hydrogens (tertiary/aromatic N) is 3. The molecule has 4 aromatic rings. The lowest BCUT2D eigenvalue weighted by atomic mass is 10.2. The Labute approximate surface area is 175 Å². The third-order valence-corrected chi connectivity index (χ3v) is 5.55. The van der Waals surface area contributed by atoms with Crippen molar-refractivity contribution in [3.63, 3.8) is 0 Å². The van der Waals surface area contributed by atoms with E-state index in [-0.39, 0.29) is 12.3 Å². The zero-order chi connectivity index (χ0) is 19.3. The lowest BCUT2D eigenvalue weighted by molar-refractivity contribution is -0.115. The third kappa shape index (κ3) is 4.55. The number of anilines is 1. The van der Waals surface area contributed by atoms with E-state index in [1.54, 1.807) is 28.3 Å². The van der Waals surface area contributed by atoms with Crippen LogP contribution in [0.5, 0.6) is 0 Å². The van der Waals surface area contributed by atoms with Gasteiger partial charge in [-0.2, -0.15) is 5.10 Å². The van der Waals surface area contributed by atoms with Crippen LogP contribution in [-0.2, 0) is 17.8 Å². The van der Waals surface area contributed by atoms with Gasteiger partial charge in [-0.25, -0.2) is 9.67 Å². The molecule has 0 aliphatic heterocycles. The molecule has 0 fully saturated rings. The van der Waals surface area contributed by atoms with Crippen LogP contribution in [0.3, 0.4) is 0 Å². The summed E-state index contributed by atoms with van der Waals surface area (Å²) in [5, 5.41) is 10.1. The number of hydrogen-bond donors (Lipinski definition) is 1. The summed E-state index contributed by atoms with van der Waals surface area (Å²) >= 11 is 5.02. The first-order valence-corrected chi connectivity index (χ1v) is 10.4. The Kier molecular flexibility index (Phi) is 5.64. The van der Waals surface area contributed by atoms with Gasteiger partial charge in [-0.05, 0) is 17.7 Å². The molecule has 0 aliphatic carbocycles. The second-order valence-electron chi connectivity index (χ2n) is 6.24. The number of carbonyl (C=O) groups is 1. The number of nitrogens with one attached hydrogen (secondary N) is 1. The molecule has 1 amide bonds. The van der Waals surface area contributed by atoms with Crippen LogP contribution in [0.4, 0.5) is 5.82 Å². The smallest absolute Gasteiger partial charge is 0.231 e. The standard InChI is InChI=1S/C21H17BrN4OS/c22-17-8-4-5-15(11-17)13-26-19(9-10-23-26)25-20(27)12-18-14-28-21(24-18)16-6-2-1-3-7-16/h1-11,14H,12-13H2,(H,25,27). The minimum atomic E-state index is -0.110. The van der Waals surface area contributed by atoms with E-state index in [2.05, 4.69) is 31.3 Å². The van der Waals surface area contributed by atoms with Gasteiger partial charge in [-0.1, -0.05) is 58.4 Å². The topological polar surface area (TPSA) is 59.8 Å². The average molecular weight is 453 g/mol. The van der Waals surface area contributed by atoms with Gasteiger partial charge in [-0.3, -0.25) is 4.79 Å². The van der Waals surface area contributed by atoms with Gasteiger partial charge >= 0.3 is 0 Å². The lowest BCUT2D eigenvalue weighted by Gasteiger charge is -2.09. The van der Waals surface area contributed by atoms with Gasteiger partial charge in [0.25, 0.3) is 0 Å². The molecule has 7 heteroatoms. The van der Waals surface area contributed by atoms with Gasteiger partial charge in [0.05, 0.1) is 24.9 Å². The molecule has 140 valence electrons. The maximum atomic E-state index is 12.5. The first kappa shape index (κ1) is 18.6. The predicted molar refractivity (Wildman–Crippen MR) is 115 cm³/mol. The number of aromatic nitrogens is 3. The summed E-state index contributed by atoms with van der Waals surface area (Å²) < 4.78 is 2.79. The van der Waals surface area contributed by atoms with Crippen molar-refractivity contribution in [2.75, 3.05) is 5.32 Å². The van der Waals surface area contributed by atoms with Crippen LogP contribution in [0.1, 0.15) is 11.3 Å². The molecule has 0 aliphatic rings. The largest absolute Gasteiger partial charge is 0.311 e. The third-order valence-electron chi connectivity index (χ3n) is 4.12. The molecule has 0 saturated heterocycles. The Morgan fingerprint density at radius 3 is 2.79 bits per heavy atom. The number of carbonyl (C=O) groups excluding carboxylic acids is 1. The lowest BCUT2D eigenvalue weighted by Crippen LogP contribution is -2.18. The fourth-order valence-electron chi connectivity index (χ4n) is 2.83. The second-order valence-corrected chi connectivity index (χ2v) is 8.01. The van der Waals surface area contributed by atoms with Crippen LogP contribution < -0.4 is 5.32 Å². The number of rotatable bonds is 6. The molecule has 5 nitrogen and oxygen atoms in total. The highest BCUT2D eigenvalue weighted by Gasteiger charge is 2.12. The molecule has 0 radical (unpaired) electrons. The molecule has 1 N–H and O–H groups in total. The van der Waals surface area contributed by atoms with Crippen LogP contribution in [0.15, 0.2) is 76.7 Å². The molecule has 0 saturated carbocycles. The van der Waals surface area contributed by atoms with Gasteiger partial charge in [0, 0.05) is 21.5 Å². The van der Waals surface area contributed by atoms with E-state index in [1.165, 1.54) is 0 Å². The number of amides is 1. The monoisotopic (exact) mass is 452 g/mol. The molecule has 0 unspecified atom stereocenters. The molecule has 0 spiro atoms. The molecule has 0 bridgehead atoms. The van der Waals surface area contributed by atoms with Crippen LogP contribution in [0.2, 0.25) is 0 Å². The summed E-state index contributed by atoms with van der Waals surface area (Å²) in [6, 6.07) is 19.8. The fraction of sp³-hybridized carbons (Fsp3) is 0.0952. The minimum absolute atomic E-state index is 0.110. The van der Waals surface area contributed by atoms with Crippen molar-refractivity contribution < 1.29 is 4.79 Å². The maximum absolute atomic E-state index is 12.5. The molecule has 2 heterocycles. The second kappa shape index (κ2) is 8.50. The summed E-state index contributed by atoms with van der Waals surface area (Å²) in [7, 11) is 0. The summed E-state index contributed by atoms with van der Waals surface area (Å²) in [6.07, 6.45) is 1.91.